The van der Waals surface area contributed by atoms with Crippen LogP contribution in [0.4, 0.5) is 5.69 Å². The number of aromatic nitrogens is 1. The van der Waals surface area contributed by atoms with Crippen LogP contribution in [0.25, 0.3) is 0 Å². The average molecular weight is 194 g/mol. The minimum atomic E-state index is 0.615. The maximum absolute atomic E-state index is 5.40. The standard InChI is InChI=1S/C11H18N2O/c1-4-14-11-10(6-5-7-12-11)13-8-9(2)3/h5-7,9,13H,4,8H2,1-3H3. The normalized spacial score (nSPS) is 10.3. The maximum atomic E-state index is 5.40. The quantitative estimate of drug-likeness (QED) is 0.782. The van der Waals surface area contributed by atoms with Gasteiger partial charge < -0.3 is 10.1 Å². The molecule has 0 aliphatic rings. The molecule has 0 unspecified atom stereocenters. The average Bonchev–Trinajstić information content (AvgIpc) is 2.17. The van der Waals surface area contributed by atoms with Crippen LogP contribution in [0.1, 0.15) is 20.8 Å². The zero-order valence-electron chi connectivity index (χ0n) is 9.08. The molecule has 0 bridgehead atoms. The van der Waals surface area contributed by atoms with E-state index in [1.165, 1.54) is 0 Å². The van der Waals surface area contributed by atoms with Crippen LogP contribution in [-0.4, -0.2) is 18.1 Å². The highest BCUT2D eigenvalue weighted by Gasteiger charge is 2.03. The molecule has 1 heterocycles. The Morgan fingerprint density at radius 1 is 1.50 bits per heavy atom. The SMILES string of the molecule is CCOc1ncccc1NCC(C)C. The Morgan fingerprint density at radius 3 is 2.93 bits per heavy atom. The molecule has 1 rings (SSSR count). The van der Waals surface area contributed by atoms with Gasteiger partial charge in [0.2, 0.25) is 5.88 Å². The van der Waals surface area contributed by atoms with Crippen molar-refractivity contribution in [3.05, 3.63) is 18.3 Å². The van der Waals surface area contributed by atoms with E-state index < -0.39 is 0 Å². The van der Waals surface area contributed by atoms with Crippen LogP contribution < -0.4 is 10.1 Å². The first-order chi connectivity index (χ1) is 6.74. The zero-order valence-corrected chi connectivity index (χ0v) is 9.08. The van der Waals surface area contributed by atoms with E-state index in [1.54, 1.807) is 6.20 Å². The predicted molar refractivity (Wildman–Crippen MR) is 58.7 cm³/mol. The van der Waals surface area contributed by atoms with Crippen molar-refractivity contribution < 1.29 is 4.74 Å². The topological polar surface area (TPSA) is 34.1 Å². The van der Waals surface area contributed by atoms with Crippen LogP contribution in [0.5, 0.6) is 5.88 Å². The highest BCUT2D eigenvalue weighted by molar-refractivity contribution is 5.51. The van der Waals surface area contributed by atoms with Crippen molar-refractivity contribution in [2.24, 2.45) is 5.92 Å². The Balaban J connectivity index is 2.64. The van der Waals surface area contributed by atoms with Crippen molar-refractivity contribution in [2.45, 2.75) is 20.8 Å². The molecule has 0 fully saturated rings. The number of hydrogen-bond acceptors (Lipinski definition) is 3. The summed E-state index contributed by atoms with van der Waals surface area (Å²) in [7, 11) is 0. The van der Waals surface area contributed by atoms with E-state index in [2.05, 4.69) is 24.1 Å². The van der Waals surface area contributed by atoms with Crippen LogP contribution in [0, 0.1) is 5.92 Å². The fourth-order valence-corrected chi connectivity index (χ4v) is 1.09. The van der Waals surface area contributed by atoms with Crippen molar-refractivity contribution in [3.63, 3.8) is 0 Å². The molecule has 1 N–H and O–H groups in total. The minimum Gasteiger partial charge on any atom is -0.476 e. The maximum Gasteiger partial charge on any atom is 0.237 e. The van der Waals surface area contributed by atoms with E-state index in [0.29, 0.717) is 18.4 Å². The highest BCUT2D eigenvalue weighted by atomic mass is 16.5. The van der Waals surface area contributed by atoms with Crippen molar-refractivity contribution in [1.82, 2.24) is 4.98 Å². The van der Waals surface area contributed by atoms with Crippen LogP contribution in [0.15, 0.2) is 18.3 Å². The van der Waals surface area contributed by atoms with Crippen LogP contribution in [0.2, 0.25) is 0 Å². The lowest BCUT2D eigenvalue weighted by Gasteiger charge is -2.12. The molecule has 1 aromatic rings. The van der Waals surface area contributed by atoms with Gasteiger partial charge in [0, 0.05) is 12.7 Å². The van der Waals surface area contributed by atoms with Gasteiger partial charge in [-0.05, 0) is 25.0 Å². The summed E-state index contributed by atoms with van der Waals surface area (Å²) in [5, 5.41) is 3.31. The second-order valence-electron chi connectivity index (χ2n) is 3.56. The van der Waals surface area contributed by atoms with E-state index in [0.717, 1.165) is 12.2 Å². The lowest BCUT2D eigenvalue weighted by atomic mass is 10.2. The molecule has 0 amide bonds. The number of hydrogen-bond donors (Lipinski definition) is 1. The van der Waals surface area contributed by atoms with Crippen LogP contribution >= 0.6 is 0 Å². The molecule has 3 heteroatoms. The Bertz CT molecular complexity index is 274. The molecule has 0 aromatic carbocycles. The third-order valence-electron chi connectivity index (χ3n) is 1.75. The smallest absolute Gasteiger partial charge is 0.237 e. The minimum absolute atomic E-state index is 0.615. The first kappa shape index (κ1) is 10.8. The number of nitrogens with one attached hydrogen (secondary N) is 1. The molecule has 0 spiro atoms. The summed E-state index contributed by atoms with van der Waals surface area (Å²) >= 11 is 0. The Morgan fingerprint density at radius 2 is 2.29 bits per heavy atom. The van der Waals surface area contributed by atoms with E-state index in [9.17, 15) is 0 Å². The van der Waals surface area contributed by atoms with Crippen molar-refractivity contribution >= 4 is 5.69 Å². The molecule has 14 heavy (non-hydrogen) atoms. The first-order valence-electron chi connectivity index (χ1n) is 5.05. The van der Waals surface area contributed by atoms with Gasteiger partial charge >= 0.3 is 0 Å². The number of rotatable bonds is 5. The number of ether oxygens (including phenoxy) is 1. The lowest BCUT2D eigenvalue weighted by molar-refractivity contribution is 0.328. The van der Waals surface area contributed by atoms with Gasteiger partial charge in [0.15, 0.2) is 0 Å². The molecule has 0 aliphatic heterocycles. The van der Waals surface area contributed by atoms with Gasteiger partial charge in [0.05, 0.1) is 12.3 Å². The molecular formula is C11H18N2O. The Kier molecular flexibility index (Phi) is 4.23. The van der Waals surface area contributed by atoms with Crippen molar-refractivity contribution in [2.75, 3.05) is 18.5 Å². The van der Waals surface area contributed by atoms with E-state index in [-0.39, 0.29) is 0 Å². The molecule has 3 nitrogen and oxygen atoms in total. The lowest BCUT2D eigenvalue weighted by Crippen LogP contribution is -2.09. The first-order valence-corrected chi connectivity index (χ1v) is 5.05. The summed E-state index contributed by atoms with van der Waals surface area (Å²) < 4.78 is 5.40. The zero-order chi connectivity index (χ0) is 10.4. The second-order valence-corrected chi connectivity index (χ2v) is 3.56. The van der Waals surface area contributed by atoms with Crippen molar-refractivity contribution in [1.29, 1.82) is 0 Å². The van der Waals surface area contributed by atoms with Gasteiger partial charge in [0.1, 0.15) is 0 Å². The third kappa shape index (κ3) is 3.24. The predicted octanol–water partition coefficient (Wildman–Crippen LogP) is 2.55. The highest BCUT2D eigenvalue weighted by Crippen LogP contribution is 2.20. The van der Waals surface area contributed by atoms with Gasteiger partial charge in [-0.15, -0.1) is 0 Å². The molecule has 0 aliphatic carbocycles. The third-order valence-corrected chi connectivity index (χ3v) is 1.75. The van der Waals surface area contributed by atoms with E-state index in [1.807, 2.05) is 19.1 Å². The molecule has 0 atom stereocenters. The van der Waals surface area contributed by atoms with E-state index in [4.69, 9.17) is 4.74 Å². The molecule has 1 aromatic heterocycles. The molecule has 0 saturated carbocycles. The number of nitrogens with zero attached hydrogens (tertiary/aromatic N) is 1. The van der Waals surface area contributed by atoms with E-state index >= 15 is 0 Å². The summed E-state index contributed by atoms with van der Waals surface area (Å²) in [6, 6.07) is 3.89. The number of anilines is 1. The molecule has 0 saturated heterocycles. The summed E-state index contributed by atoms with van der Waals surface area (Å²) in [5.41, 5.74) is 0.975. The Labute approximate surface area is 85.5 Å². The fourth-order valence-electron chi connectivity index (χ4n) is 1.09. The molecule has 0 radical (unpaired) electrons. The second kappa shape index (κ2) is 5.47. The van der Waals surface area contributed by atoms with Gasteiger partial charge in [-0.3, -0.25) is 0 Å². The van der Waals surface area contributed by atoms with Gasteiger partial charge in [-0.25, -0.2) is 4.98 Å². The van der Waals surface area contributed by atoms with Crippen molar-refractivity contribution in [3.8, 4) is 5.88 Å². The van der Waals surface area contributed by atoms with Gasteiger partial charge in [-0.1, -0.05) is 13.8 Å². The fraction of sp³-hybridized carbons (Fsp3) is 0.545. The van der Waals surface area contributed by atoms with Gasteiger partial charge in [-0.2, -0.15) is 0 Å². The summed E-state index contributed by atoms with van der Waals surface area (Å²) in [4.78, 5) is 4.16. The Hall–Kier alpha value is -1.25. The molecular weight excluding hydrogens is 176 g/mol. The monoisotopic (exact) mass is 194 g/mol. The summed E-state index contributed by atoms with van der Waals surface area (Å²) in [5.74, 6) is 1.31. The van der Waals surface area contributed by atoms with Crippen LogP contribution in [0.3, 0.4) is 0 Å². The molecule has 78 valence electrons. The van der Waals surface area contributed by atoms with Gasteiger partial charge in [0.25, 0.3) is 0 Å². The number of pyridine rings is 1. The largest absolute Gasteiger partial charge is 0.476 e. The summed E-state index contributed by atoms with van der Waals surface area (Å²) in [6.45, 7) is 7.88. The summed E-state index contributed by atoms with van der Waals surface area (Å²) in [6.07, 6.45) is 1.74. The van der Waals surface area contributed by atoms with Crippen LogP contribution in [-0.2, 0) is 0 Å².